The maximum Gasteiger partial charge on any atom is 0.306 e. The molecule has 206 valence electrons. The van der Waals surface area contributed by atoms with Crippen LogP contribution in [0.25, 0.3) is 0 Å². The first-order valence-electron chi connectivity index (χ1n) is 14.0. The molecular weight excluding hydrogens is 474 g/mol. The third kappa shape index (κ3) is 4.80. The highest BCUT2D eigenvalue weighted by Gasteiger charge is 2.68. The van der Waals surface area contributed by atoms with Gasteiger partial charge in [0.15, 0.2) is 12.4 Å². The number of aliphatic hydroxyl groups excluding tert-OH is 1. The SMILES string of the molecule is CC[C@H](C)NC(=O)CCC(=O)OCC(=O)[C@@]1(O)CC[C@@H]2[C@@H]3CCC4=CC(=O)CC[C@]4(C)[C@@H]3[C@H](O)C[C@@]21C. The van der Waals surface area contributed by atoms with E-state index in [1.807, 2.05) is 20.8 Å². The highest BCUT2D eigenvalue weighted by molar-refractivity contribution is 5.92. The van der Waals surface area contributed by atoms with Crippen molar-refractivity contribution in [1.82, 2.24) is 5.32 Å². The van der Waals surface area contributed by atoms with Gasteiger partial charge < -0.3 is 20.3 Å². The van der Waals surface area contributed by atoms with E-state index in [1.165, 1.54) is 0 Å². The number of rotatable bonds is 8. The minimum Gasteiger partial charge on any atom is -0.458 e. The second-order valence-corrected chi connectivity index (χ2v) is 12.4. The van der Waals surface area contributed by atoms with Crippen molar-refractivity contribution in [3.63, 3.8) is 0 Å². The van der Waals surface area contributed by atoms with Gasteiger partial charge in [-0.2, -0.15) is 0 Å². The van der Waals surface area contributed by atoms with Crippen LogP contribution in [-0.4, -0.2) is 58.0 Å². The largest absolute Gasteiger partial charge is 0.458 e. The second kappa shape index (κ2) is 10.3. The van der Waals surface area contributed by atoms with E-state index in [9.17, 15) is 29.4 Å². The fourth-order valence-corrected chi connectivity index (χ4v) is 8.15. The lowest BCUT2D eigenvalue weighted by Crippen LogP contribution is -2.62. The van der Waals surface area contributed by atoms with Gasteiger partial charge in [-0.15, -0.1) is 0 Å². The second-order valence-electron chi connectivity index (χ2n) is 12.4. The Bertz CT molecular complexity index is 991. The molecule has 0 unspecified atom stereocenters. The van der Waals surface area contributed by atoms with Crippen LogP contribution in [0.2, 0.25) is 0 Å². The number of hydrogen-bond acceptors (Lipinski definition) is 7. The van der Waals surface area contributed by atoms with Crippen LogP contribution in [0.3, 0.4) is 0 Å². The predicted molar refractivity (Wildman–Crippen MR) is 136 cm³/mol. The van der Waals surface area contributed by atoms with Crippen LogP contribution in [0.4, 0.5) is 0 Å². The van der Waals surface area contributed by atoms with Gasteiger partial charge >= 0.3 is 5.97 Å². The molecule has 0 spiro atoms. The molecule has 1 amide bonds. The van der Waals surface area contributed by atoms with E-state index >= 15 is 0 Å². The molecule has 0 aromatic rings. The maximum absolute atomic E-state index is 13.3. The third-order valence-electron chi connectivity index (χ3n) is 10.4. The molecule has 0 radical (unpaired) electrons. The van der Waals surface area contributed by atoms with Crippen LogP contribution in [0.1, 0.15) is 91.9 Å². The minimum atomic E-state index is -1.68. The van der Waals surface area contributed by atoms with E-state index in [0.717, 1.165) is 31.3 Å². The van der Waals surface area contributed by atoms with Gasteiger partial charge in [0.25, 0.3) is 0 Å². The summed E-state index contributed by atoms with van der Waals surface area (Å²) in [6, 6.07) is 0.0239. The van der Waals surface area contributed by atoms with Crippen molar-refractivity contribution in [2.45, 2.75) is 110 Å². The number of fused-ring (bicyclic) bond motifs is 5. The Morgan fingerprint density at radius 1 is 1.16 bits per heavy atom. The van der Waals surface area contributed by atoms with Gasteiger partial charge in [-0.05, 0) is 81.1 Å². The number of ether oxygens (including phenoxy) is 1. The monoisotopic (exact) mass is 517 g/mol. The van der Waals surface area contributed by atoms with Crippen molar-refractivity contribution in [1.29, 1.82) is 0 Å². The molecule has 0 heterocycles. The summed E-state index contributed by atoms with van der Waals surface area (Å²) in [5, 5.41) is 26.0. The van der Waals surface area contributed by atoms with E-state index in [0.29, 0.717) is 19.3 Å². The van der Waals surface area contributed by atoms with E-state index in [1.54, 1.807) is 6.08 Å². The van der Waals surface area contributed by atoms with E-state index in [2.05, 4.69) is 12.2 Å². The Hall–Kier alpha value is -2.06. The van der Waals surface area contributed by atoms with Crippen LogP contribution in [0, 0.1) is 28.6 Å². The normalized spacial score (nSPS) is 39.5. The first kappa shape index (κ1) is 28.0. The molecule has 8 heteroatoms. The van der Waals surface area contributed by atoms with Crippen molar-refractivity contribution in [2.75, 3.05) is 6.61 Å². The molecule has 3 N–H and O–H groups in total. The van der Waals surface area contributed by atoms with Crippen LogP contribution < -0.4 is 5.32 Å². The van der Waals surface area contributed by atoms with Crippen molar-refractivity contribution < 1.29 is 34.1 Å². The van der Waals surface area contributed by atoms with Crippen molar-refractivity contribution in [2.24, 2.45) is 28.6 Å². The topological polar surface area (TPSA) is 130 Å². The molecule has 0 aliphatic heterocycles. The van der Waals surface area contributed by atoms with E-state index < -0.39 is 35.5 Å². The van der Waals surface area contributed by atoms with Gasteiger partial charge in [0.2, 0.25) is 11.7 Å². The number of nitrogens with one attached hydrogen (secondary N) is 1. The Morgan fingerprint density at radius 2 is 1.89 bits per heavy atom. The van der Waals surface area contributed by atoms with Gasteiger partial charge in [-0.1, -0.05) is 26.3 Å². The third-order valence-corrected chi connectivity index (χ3v) is 10.4. The number of carbonyl (C=O) groups excluding carboxylic acids is 4. The summed E-state index contributed by atoms with van der Waals surface area (Å²) in [4.78, 5) is 49.5. The molecular formula is C29H43NO7. The molecule has 37 heavy (non-hydrogen) atoms. The Labute approximate surface area is 219 Å². The summed E-state index contributed by atoms with van der Waals surface area (Å²) in [6.07, 6.45) is 5.82. The molecule has 8 atom stereocenters. The van der Waals surface area contributed by atoms with Gasteiger partial charge in [-0.3, -0.25) is 19.2 Å². The molecule has 3 saturated carbocycles. The van der Waals surface area contributed by atoms with Gasteiger partial charge in [0, 0.05) is 24.3 Å². The van der Waals surface area contributed by atoms with Crippen LogP contribution in [0.5, 0.6) is 0 Å². The van der Waals surface area contributed by atoms with Crippen molar-refractivity contribution in [3.05, 3.63) is 11.6 Å². The molecule has 4 rings (SSSR count). The standard InChI is InChI=1S/C29H43NO7/c1-5-17(2)30-24(34)8-9-25(35)37-16-23(33)29(36)13-11-21-20-7-6-18-14-19(31)10-12-27(18,3)26(20)22(32)15-28(21,29)4/h14,17,20-22,26,32,36H,5-13,15-16H2,1-4H3,(H,30,34)/t17-,20-,21+,22+,26-,27-,28-,29-/m0/s1. The number of Topliss-reactive ketones (excluding diaryl/α,β-unsaturated/α-hetero) is 1. The van der Waals surface area contributed by atoms with Crippen LogP contribution in [-0.2, 0) is 23.9 Å². The summed E-state index contributed by atoms with van der Waals surface area (Å²) in [6.45, 7) is 7.37. The average molecular weight is 518 g/mol. The lowest BCUT2D eigenvalue weighted by Gasteiger charge is -2.60. The molecule has 4 aliphatic rings. The molecule has 0 aromatic carbocycles. The highest BCUT2D eigenvalue weighted by Crippen LogP contribution is 2.67. The van der Waals surface area contributed by atoms with E-state index in [-0.39, 0.29) is 60.2 Å². The summed E-state index contributed by atoms with van der Waals surface area (Å²) in [5.41, 5.74) is -1.60. The Kier molecular flexibility index (Phi) is 7.75. The molecule has 3 fully saturated rings. The Morgan fingerprint density at radius 3 is 2.59 bits per heavy atom. The quantitative estimate of drug-likeness (QED) is 0.422. The first-order valence-corrected chi connectivity index (χ1v) is 14.0. The number of aliphatic hydroxyl groups is 2. The van der Waals surface area contributed by atoms with Gasteiger partial charge in [0.1, 0.15) is 5.60 Å². The lowest BCUT2D eigenvalue weighted by molar-refractivity contribution is -0.184. The van der Waals surface area contributed by atoms with E-state index in [4.69, 9.17) is 4.74 Å². The zero-order chi connectivity index (χ0) is 27.2. The van der Waals surface area contributed by atoms with Crippen molar-refractivity contribution >= 4 is 23.4 Å². The summed E-state index contributed by atoms with van der Waals surface area (Å²) < 4.78 is 5.19. The number of carbonyl (C=O) groups is 4. The fourth-order valence-electron chi connectivity index (χ4n) is 8.15. The highest BCUT2D eigenvalue weighted by atomic mass is 16.5. The molecule has 0 aromatic heterocycles. The maximum atomic E-state index is 13.3. The number of ketones is 2. The van der Waals surface area contributed by atoms with Crippen molar-refractivity contribution in [3.8, 4) is 0 Å². The predicted octanol–water partition coefficient (Wildman–Crippen LogP) is 3.03. The number of amides is 1. The number of allylic oxidation sites excluding steroid dienone is 1. The summed E-state index contributed by atoms with van der Waals surface area (Å²) in [7, 11) is 0. The van der Waals surface area contributed by atoms with Crippen LogP contribution >= 0.6 is 0 Å². The fraction of sp³-hybridized carbons (Fsp3) is 0.793. The average Bonchev–Trinajstić information content (AvgIpc) is 3.12. The molecule has 4 aliphatic carbocycles. The first-order chi connectivity index (χ1) is 17.4. The molecule has 0 saturated heterocycles. The zero-order valence-corrected chi connectivity index (χ0v) is 22.7. The van der Waals surface area contributed by atoms with Gasteiger partial charge in [0.05, 0.1) is 12.5 Å². The molecule has 0 bridgehead atoms. The number of hydrogen-bond donors (Lipinski definition) is 3. The minimum absolute atomic E-state index is 0.00414. The smallest absolute Gasteiger partial charge is 0.306 e. The Balaban J connectivity index is 1.41. The lowest BCUT2D eigenvalue weighted by atomic mass is 9.45. The zero-order valence-electron chi connectivity index (χ0n) is 22.7. The summed E-state index contributed by atoms with van der Waals surface area (Å²) in [5.74, 6) is -1.06. The molecule has 8 nitrogen and oxygen atoms in total. The van der Waals surface area contributed by atoms with Crippen LogP contribution in [0.15, 0.2) is 11.6 Å². The number of esters is 1. The van der Waals surface area contributed by atoms with Gasteiger partial charge in [-0.25, -0.2) is 0 Å². The summed E-state index contributed by atoms with van der Waals surface area (Å²) >= 11 is 0.